The number of benzene rings is 3. The van der Waals surface area contributed by atoms with E-state index in [-0.39, 0.29) is 20.1 Å². The van der Waals surface area contributed by atoms with Gasteiger partial charge in [-0.2, -0.15) is 5.26 Å². The van der Waals surface area contributed by atoms with E-state index in [1.165, 1.54) is 22.3 Å². The Balaban J connectivity index is 0.00000205. The summed E-state index contributed by atoms with van der Waals surface area (Å²) in [4.78, 5) is 4.53. The predicted octanol–water partition coefficient (Wildman–Crippen LogP) is 5.90. The summed E-state index contributed by atoms with van der Waals surface area (Å²) < 4.78 is 2.04. The smallest absolute Gasteiger partial charge is 0.148 e. The summed E-state index contributed by atoms with van der Waals surface area (Å²) in [6, 6.07) is 22.4. The molecule has 29 heavy (non-hydrogen) atoms. The van der Waals surface area contributed by atoms with Crippen molar-refractivity contribution in [1.82, 2.24) is 9.38 Å². The van der Waals surface area contributed by atoms with Crippen molar-refractivity contribution >= 4 is 27.3 Å². The molecular formula is C25H18IrN3-. The third-order valence-corrected chi connectivity index (χ3v) is 5.50. The van der Waals surface area contributed by atoms with Crippen molar-refractivity contribution in [2.75, 3.05) is 0 Å². The second-order valence-electron chi connectivity index (χ2n) is 7.35. The quantitative estimate of drug-likeness (QED) is 0.192. The van der Waals surface area contributed by atoms with E-state index >= 15 is 0 Å². The molecule has 143 valence electrons. The van der Waals surface area contributed by atoms with E-state index in [1.54, 1.807) is 0 Å². The molecule has 0 spiro atoms. The number of pyridine rings is 1. The Morgan fingerprint density at radius 1 is 0.966 bits per heavy atom. The van der Waals surface area contributed by atoms with Gasteiger partial charge in [-0.1, -0.05) is 29.7 Å². The van der Waals surface area contributed by atoms with Crippen molar-refractivity contribution in [3.8, 4) is 17.2 Å². The van der Waals surface area contributed by atoms with Gasteiger partial charge in [-0.3, -0.25) is 4.98 Å². The SMILES string of the molecule is Cc1cccc(C)c1-c1cc(C)c2c(c1)c1ccc[c-]c1c1nc(C#N)cn12.[Ir]. The third-order valence-electron chi connectivity index (χ3n) is 5.50. The molecule has 2 aromatic heterocycles. The van der Waals surface area contributed by atoms with Crippen molar-refractivity contribution < 1.29 is 20.1 Å². The van der Waals surface area contributed by atoms with Crippen LogP contribution >= 0.6 is 0 Å². The Bertz CT molecular complexity index is 1430. The molecule has 0 aliphatic carbocycles. The van der Waals surface area contributed by atoms with E-state index < -0.39 is 0 Å². The minimum atomic E-state index is 0. The van der Waals surface area contributed by atoms with Crippen molar-refractivity contribution in [1.29, 1.82) is 5.26 Å². The van der Waals surface area contributed by atoms with Gasteiger partial charge >= 0.3 is 0 Å². The molecule has 0 unspecified atom stereocenters. The summed E-state index contributed by atoms with van der Waals surface area (Å²) in [7, 11) is 0. The Morgan fingerprint density at radius 2 is 1.72 bits per heavy atom. The van der Waals surface area contributed by atoms with Gasteiger partial charge in [0.15, 0.2) is 0 Å². The van der Waals surface area contributed by atoms with Gasteiger partial charge in [0, 0.05) is 31.8 Å². The molecular weight excluding hydrogens is 535 g/mol. The first-order valence-electron chi connectivity index (χ1n) is 9.31. The summed E-state index contributed by atoms with van der Waals surface area (Å²) in [6.07, 6.45) is 1.82. The number of fused-ring (bicyclic) bond motifs is 6. The van der Waals surface area contributed by atoms with Gasteiger partial charge in [-0.25, -0.2) is 0 Å². The summed E-state index contributed by atoms with van der Waals surface area (Å²) >= 11 is 0. The van der Waals surface area contributed by atoms with Gasteiger partial charge in [0.1, 0.15) is 11.8 Å². The molecule has 3 aromatic carbocycles. The van der Waals surface area contributed by atoms with Crippen molar-refractivity contribution in [3.63, 3.8) is 0 Å². The fraction of sp³-hybridized carbons (Fsp3) is 0.120. The second kappa shape index (κ2) is 7.12. The molecule has 0 fully saturated rings. The predicted molar refractivity (Wildman–Crippen MR) is 113 cm³/mol. The minimum absolute atomic E-state index is 0. The molecule has 0 N–H and O–H groups in total. The van der Waals surface area contributed by atoms with Gasteiger partial charge in [-0.05, 0) is 60.0 Å². The first-order valence-corrected chi connectivity index (χ1v) is 9.31. The molecule has 5 rings (SSSR count). The number of aryl methyl sites for hydroxylation is 3. The number of hydrogen-bond donors (Lipinski definition) is 0. The van der Waals surface area contributed by atoms with E-state index in [0.29, 0.717) is 5.69 Å². The number of hydrogen-bond acceptors (Lipinski definition) is 2. The van der Waals surface area contributed by atoms with Crippen LogP contribution in [0.4, 0.5) is 0 Å². The number of rotatable bonds is 1. The van der Waals surface area contributed by atoms with Gasteiger partial charge in [0.05, 0.1) is 5.65 Å². The van der Waals surface area contributed by atoms with Crippen LogP contribution in [0.1, 0.15) is 22.4 Å². The Kier molecular flexibility index (Phi) is 4.74. The third kappa shape index (κ3) is 2.86. The van der Waals surface area contributed by atoms with E-state index in [0.717, 1.165) is 32.9 Å². The van der Waals surface area contributed by atoms with Gasteiger partial charge in [0.2, 0.25) is 0 Å². The first kappa shape index (κ1) is 19.3. The second-order valence-corrected chi connectivity index (χ2v) is 7.35. The molecule has 0 aliphatic rings. The molecule has 1 radical (unpaired) electrons. The molecule has 0 saturated heterocycles. The van der Waals surface area contributed by atoms with Crippen molar-refractivity contribution in [3.05, 3.63) is 83.2 Å². The Labute approximate surface area is 183 Å². The number of imidazole rings is 1. The first-order chi connectivity index (χ1) is 13.6. The van der Waals surface area contributed by atoms with E-state index in [4.69, 9.17) is 0 Å². The molecule has 0 amide bonds. The Hall–Kier alpha value is -2.99. The maximum Gasteiger partial charge on any atom is 0.148 e. The molecule has 5 aromatic rings. The largest absolute Gasteiger partial charge is 0.339 e. The number of nitrogens with zero attached hydrogens (tertiary/aromatic N) is 3. The zero-order valence-corrected chi connectivity index (χ0v) is 18.8. The standard InChI is InChI=1S/C25H18N3.Ir/c1-15-7-6-8-16(2)23(15)18-11-17(3)24-22(12-18)20-9-4-5-10-21(20)25-27-19(13-26)14-28(24)25;/h4-9,11-12,14H,1-3H3;/q-1;. The van der Waals surface area contributed by atoms with Crippen molar-refractivity contribution in [2.45, 2.75) is 20.8 Å². The maximum absolute atomic E-state index is 9.37. The molecule has 0 bridgehead atoms. The van der Waals surface area contributed by atoms with Crippen LogP contribution in [0.25, 0.3) is 38.4 Å². The topological polar surface area (TPSA) is 41.1 Å². The van der Waals surface area contributed by atoms with Crippen molar-refractivity contribution in [2.24, 2.45) is 0 Å². The molecule has 0 saturated carbocycles. The van der Waals surface area contributed by atoms with Gasteiger partial charge in [-0.15, -0.1) is 29.7 Å². The van der Waals surface area contributed by atoms with Crippen LogP contribution in [0.5, 0.6) is 0 Å². The molecule has 0 atom stereocenters. The van der Waals surface area contributed by atoms with Crippen LogP contribution in [0, 0.1) is 38.2 Å². The fourth-order valence-corrected chi connectivity index (χ4v) is 4.35. The van der Waals surface area contributed by atoms with E-state index in [9.17, 15) is 5.26 Å². The summed E-state index contributed by atoms with van der Waals surface area (Å²) in [5, 5.41) is 12.6. The molecule has 0 aliphatic heterocycles. The number of aromatic nitrogens is 2. The van der Waals surface area contributed by atoms with Crippen LogP contribution in [0.15, 0.2) is 54.7 Å². The van der Waals surface area contributed by atoms with Crippen LogP contribution in [-0.4, -0.2) is 9.38 Å². The molecule has 4 heteroatoms. The van der Waals surface area contributed by atoms with Crippen LogP contribution in [-0.2, 0) is 20.1 Å². The summed E-state index contributed by atoms with van der Waals surface area (Å²) in [5.41, 5.74) is 8.48. The fourth-order valence-electron chi connectivity index (χ4n) is 4.35. The minimum Gasteiger partial charge on any atom is -0.339 e. The van der Waals surface area contributed by atoms with Crippen LogP contribution < -0.4 is 0 Å². The summed E-state index contributed by atoms with van der Waals surface area (Å²) in [6.45, 7) is 6.45. The average Bonchev–Trinajstić information content (AvgIpc) is 3.12. The van der Waals surface area contributed by atoms with Gasteiger partial charge < -0.3 is 4.40 Å². The summed E-state index contributed by atoms with van der Waals surface area (Å²) in [5.74, 6) is 0. The normalized spacial score (nSPS) is 11.0. The van der Waals surface area contributed by atoms with Crippen LogP contribution in [0.2, 0.25) is 0 Å². The maximum atomic E-state index is 9.37. The zero-order valence-electron chi connectivity index (χ0n) is 16.4. The average molecular weight is 553 g/mol. The molecule has 2 heterocycles. The van der Waals surface area contributed by atoms with E-state index in [1.807, 2.05) is 22.7 Å². The number of nitriles is 1. The van der Waals surface area contributed by atoms with Crippen LogP contribution in [0.3, 0.4) is 0 Å². The monoisotopic (exact) mass is 553 g/mol. The molecule has 3 nitrogen and oxygen atoms in total. The van der Waals surface area contributed by atoms with E-state index in [2.05, 4.69) is 74.3 Å². The van der Waals surface area contributed by atoms with Gasteiger partial charge in [0.25, 0.3) is 0 Å². The zero-order chi connectivity index (χ0) is 19.4. The Morgan fingerprint density at radius 3 is 2.45 bits per heavy atom.